The second-order valence-corrected chi connectivity index (χ2v) is 4.48. The summed E-state index contributed by atoms with van der Waals surface area (Å²) in [5.74, 6) is -0.0510. The van der Waals surface area contributed by atoms with Crippen molar-refractivity contribution in [1.29, 1.82) is 0 Å². The highest BCUT2D eigenvalue weighted by molar-refractivity contribution is 6.08. The minimum atomic E-state index is -0.0510. The van der Waals surface area contributed by atoms with E-state index in [2.05, 4.69) is 7.85 Å². The molecule has 2 nitrogen and oxygen atoms in total. The Morgan fingerprint density at radius 3 is 2.56 bits per heavy atom. The van der Waals surface area contributed by atoms with Gasteiger partial charge in [0.1, 0.15) is 7.85 Å². The molecule has 3 heteroatoms. The number of allylic oxidation sites excluding steroid dienone is 3. The van der Waals surface area contributed by atoms with Crippen molar-refractivity contribution in [2.45, 2.75) is 58.2 Å². The summed E-state index contributed by atoms with van der Waals surface area (Å²) in [6, 6.07) is 0. The van der Waals surface area contributed by atoms with E-state index >= 15 is 0 Å². The lowest BCUT2D eigenvalue weighted by atomic mass is 9.98. The maximum Gasteiger partial charge on any atom is 0.305 e. The van der Waals surface area contributed by atoms with E-state index in [0.29, 0.717) is 13.0 Å². The summed E-state index contributed by atoms with van der Waals surface area (Å²) in [5.41, 5.74) is 0. The number of carbonyl (C=O) groups is 1. The summed E-state index contributed by atoms with van der Waals surface area (Å²) in [4.78, 5) is 11.4. The molecule has 0 aromatic carbocycles. The van der Waals surface area contributed by atoms with Crippen molar-refractivity contribution in [2.75, 3.05) is 6.61 Å². The summed E-state index contributed by atoms with van der Waals surface area (Å²) < 4.78 is 5.14. The van der Waals surface area contributed by atoms with Crippen molar-refractivity contribution in [3.63, 3.8) is 0 Å². The van der Waals surface area contributed by atoms with Crippen LogP contribution in [-0.4, -0.2) is 20.4 Å². The Morgan fingerprint density at radius 2 is 1.83 bits per heavy atom. The second-order valence-electron chi connectivity index (χ2n) is 4.48. The highest BCUT2D eigenvalue weighted by Crippen LogP contribution is 2.07. The lowest BCUT2D eigenvalue weighted by Crippen LogP contribution is -2.04. The fourth-order valence-electron chi connectivity index (χ4n) is 1.65. The molecule has 0 N–H and O–H groups in total. The van der Waals surface area contributed by atoms with Gasteiger partial charge in [-0.05, 0) is 19.8 Å². The third-order valence-corrected chi connectivity index (χ3v) is 2.72. The third-order valence-electron chi connectivity index (χ3n) is 2.72. The Bertz CT molecular complexity index is 247. The number of carbonyl (C=O) groups excluding carboxylic acids is 1. The molecule has 0 unspecified atom stereocenters. The van der Waals surface area contributed by atoms with Crippen LogP contribution in [0.15, 0.2) is 24.3 Å². The number of hydrogen-bond acceptors (Lipinski definition) is 2. The molecular weight excluding hydrogens is 223 g/mol. The minimum Gasteiger partial charge on any atom is -0.465 e. The molecule has 0 heterocycles. The van der Waals surface area contributed by atoms with Crippen LogP contribution < -0.4 is 0 Å². The lowest BCUT2D eigenvalue weighted by molar-refractivity contribution is -0.143. The van der Waals surface area contributed by atoms with Crippen molar-refractivity contribution in [3.8, 4) is 0 Å². The molecule has 0 amide bonds. The van der Waals surface area contributed by atoms with Gasteiger partial charge in [0.15, 0.2) is 0 Å². The van der Waals surface area contributed by atoms with Crippen LogP contribution in [0.1, 0.15) is 51.9 Å². The van der Waals surface area contributed by atoms with Crippen LogP contribution in [0.25, 0.3) is 0 Å². The van der Waals surface area contributed by atoms with Crippen LogP contribution in [0.3, 0.4) is 0 Å². The Balaban J connectivity index is 3.27. The van der Waals surface area contributed by atoms with Crippen molar-refractivity contribution >= 4 is 13.8 Å². The van der Waals surface area contributed by atoms with Gasteiger partial charge in [-0.25, -0.2) is 0 Å². The van der Waals surface area contributed by atoms with Gasteiger partial charge in [-0.2, -0.15) is 0 Å². The molecule has 0 bridgehead atoms. The molecule has 18 heavy (non-hydrogen) atoms. The van der Waals surface area contributed by atoms with Crippen molar-refractivity contribution in [1.82, 2.24) is 0 Å². The minimum absolute atomic E-state index is 0.0510. The molecule has 0 atom stereocenters. The first-order valence-electron chi connectivity index (χ1n) is 7.24. The van der Waals surface area contributed by atoms with E-state index in [9.17, 15) is 4.79 Å². The van der Waals surface area contributed by atoms with Crippen molar-refractivity contribution in [3.05, 3.63) is 24.3 Å². The van der Waals surface area contributed by atoms with E-state index in [4.69, 9.17) is 4.74 Å². The van der Waals surface area contributed by atoms with E-state index in [1.54, 1.807) is 0 Å². The molecule has 0 aliphatic heterocycles. The summed E-state index contributed by atoms with van der Waals surface area (Å²) in [6.07, 6.45) is 16.5. The fourth-order valence-corrected chi connectivity index (χ4v) is 1.65. The first-order valence-corrected chi connectivity index (χ1v) is 7.24. The zero-order valence-corrected chi connectivity index (χ0v) is 12.0. The molecule has 0 aromatic heterocycles. The van der Waals surface area contributed by atoms with E-state index in [-0.39, 0.29) is 5.97 Å². The number of hydrogen-bond donors (Lipinski definition) is 0. The highest BCUT2D eigenvalue weighted by atomic mass is 16.5. The zero-order valence-electron chi connectivity index (χ0n) is 12.0. The second kappa shape index (κ2) is 14.1. The van der Waals surface area contributed by atoms with Gasteiger partial charge < -0.3 is 4.74 Å². The number of rotatable bonds is 11. The smallest absolute Gasteiger partial charge is 0.305 e. The van der Waals surface area contributed by atoms with Gasteiger partial charge in [0.05, 0.1) is 6.61 Å². The standard InChI is InChI=1S/C15H27BO2/c1-2-3-4-8-11-14-18-15(17)12-9-6-5-7-10-13-16/h2-4,8H,5-7,9-14,16H2,1H3/b3-2-,8-4-. The Morgan fingerprint density at radius 1 is 1.11 bits per heavy atom. The topological polar surface area (TPSA) is 26.3 Å². The molecule has 0 aliphatic rings. The van der Waals surface area contributed by atoms with Gasteiger partial charge in [0, 0.05) is 6.42 Å². The van der Waals surface area contributed by atoms with Gasteiger partial charge >= 0.3 is 5.97 Å². The molecule has 0 saturated carbocycles. The van der Waals surface area contributed by atoms with Gasteiger partial charge in [-0.3, -0.25) is 4.79 Å². The SMILES string of the molecule is BCCCCCCCC(=O)OCC/C=C\C=C/C. The summed E-state index contributed by atoms with van der Waals surface area (Å²) in [6.45, 7) is 2.48. The Labute approximate surface area is 113 Å². The van der Waals surface area contributed by atoms with Gasteiger partial charge in [0.2, 0.25) is 0 Å². The van der Waals surface area contributed by atoms with Gasteiger partial charge in [-0.1, -0.05) is 56.3 Å². The first-order chi connectivity index (χ1) is 8.81. The Hall–Kier alpha value is -0.985. The fraction of sp³-hybridized carbons (Fsp3) is 0.667. The number of unbranched alkanes of at least 4 members (excludes halogenated alkanes) is 4. The quantitative estimate of drug-likeness (QED) is 0.243. The molecule has 0 aliphatic carbocycles. The molecule has 0 rings (SSSR count). The van der Waals surface area contributed by atoms with Gasteiger partial charge in [-0.15, -0.1) is 0 Å². The molecule has 0 saturated heterocycles. The van der Waals surface area contributed by atoms with Crippen LogP contribution in [-0.2, 0) is 9.53 Å². The molecule has 102 valence electrons. The monoisotopic (exact) mass is 250 g/mol. The van der Waals surface area contributed by atoms with Crippen LogP contribution in [0.4, 0.5) is 0 Å². The third kappa shape index (κ3) is 13.1. The summed E-state index contributed by atoms with van der Waals surface area (Å²) in [7, 11) is 2.21. The zero-order chi connectivity index (χ0) is 13.5. The van der Waals surface area contributed by atoms with E-state index in [1.165, 1.54) is 25.6 Å². The van der Waals surface area contributed by atoms with Crippen LogP contribution in [0.5, 0.6) is 0 Å². The largest absolute Gasteiger partial charge is 0.465 e. The van der Waals surface area contributed by atoms with E-state index < -0.39 is 0 Å². The summed E-state index contributed by atoms with van der Waals surface area (Å²) >= 11 is 0. The molecule has 0 spiro atoms. The van der Waals surface area contributed by atoms with Crippen LogP contribution >= 0.6 is 0 Å². The predicted molar refractivity (Wildman–Crippen MR) is 80.6 cm³/mol. The summed E-state index contributed by atoms with van der Waals surface area (Å²) in [5, 5.41) is 0. The number of ether oxygens (including phenoxy) is 1. The van der Waals surface area contributed by atoms with Crippen LogP contribution in [0.2, 0.25) is 6.32 Å². The van der Waals surface area contributed by atoms with Crippen LogP contribution in [0, 0.1) is 0 Å². The molecule has 0 fully saturated rings. The molecule has 0 aromatic rings. The predicted octanol–water partition coefficient (Wildman–Crippen LogP) is 3.44. The lowest BCUT2D eigenvalue weighted by Gasteiger charge is -2.03. The van der Waals surface area contributed by atoms with E-state index in [1.807, 2.05) is 31.2 Å². The first kappa shape index (κ1) is 17.0. The highest BCUT2D eigenvalue weighted by Gasteiger charge is 2.01. The van der Waals surface area contributed by atoms with Gasteiger partial charge in [0.25, 0.3) is 0 Å². The maximum atomic E-state index is 11.4. The number of esters is 1. The maximum absolute atomic E-state index is 11.4. The van der Waals surface area contributed by atoms with E-state index in [0.717, 1.165) is 19.3 Å². The van der Waals surface area contributed by atoms with Crippen molar-refractivity contribution in [2.24, 2.45) is 0 Å². The normalized spacial score (nSPS) is 11.4. The molecular formula is C15H27BO2. The Kier molecular flexibility index (Phi) is 13.3. The van der Waals surface area contributed by atoms with Crippen molar-refractivity contribution < 1.29 is 9.53 Å². The molecule has 0 radical (unpaired) electrons. The average Bonchev–Trinajstić information content (AvgIpc) is 2.38. The average molecular weight is 250 g/mol.